The Kier molecular flexibility index (Phi) is 7.85. The van der Waals surface area contributed by atoms with Crippen LogP contribution < -0.4 is 10.1 Å². The molecule has 0 saturated carbocycles. The van der Waals surface area contributed by atoms with E-state index < -0.39 is 5.97 Å². The molecule has 1 aliphatic rings. The predicted molar refractivity (Wildman–Crippen MR) is 155 cm³/mol. The Morgan fingerprint density at radius 2 is 1.74 bits per heavy atom. The quantitative estimate of drug-likeness (QED) is 0.220. The number of rotatable bonds is 11. The zero-order valence-corrected chi connectivity index (χ0v) is 22.8. The standard InChI is InChI=1S/C33H38N2O3/c1-22-17-23(2)19-26(18-22)32-29(13-15-34-14-5-4-7-24-9-11-28(38-3)12-10-24)30-21-27(33(36)37)20-25-8-6-16-35(32)31(25)30/h9-12,17-21,34H,4-8,13-16H2,1-3H3,(H,36,37). The van der Waals surface area contributed by atoms with Crippen LogP contribution in [0.3, 0.4) is 0 Å². The maximum absolute atomic E-state index is 12.0. The van der Waals surface area contributed by atoms with Crippen LogP contribution in [0.25, 0.3) is 22.2 Å². The van der Waals surface area contributed by atoms with E-state index in [1.807, 2.05) is 24.3 Å². The molecule has 2 N–H and O–H groups in total. The van der Waals surface area contributed by atoms with Crippen LogP contribution in [-0.2, 0) is 25.8 Å². The van der Waals surface area contributed by atoms with Crippen molar-refractivity contribution >= 4 is 16.9 Å². The van der Waals surface area contributed by atoms with E-state index in [1.165, 1.54) is 39.0 Å². The highest BCUT2D eigenvalue weighted by Crippen LogP contribution is 2.40. The lowest BCUT2D eigenvalue weighted by atomic mass is 9.97. The second-order valence-corrected chi connectivity index (χ2v) is 10.6. The molecule has 5 nitrogen and oxygen atoms in total. The van der Waals surface area contributed by atoms with Crippen LogP contribution in [0.4, 0.5) is 0 Å². The van der Waals surface area contributed by atoms with Gasteiger partial charge in [-0.1, -0.05) is 29.3 Å². The number of benzene rings is 3. The zero-order chi connectivity index (χ0) is 26.6. The molecule has 0 spiro atoms. The van der Waals surface area contributed by atoms with Crippen LogP contribution in [0.1, 0.15) is 57.4 Å². The van der Waals surface area contributed by atoms with Crippen molar-refractivity contribution in [2.45, 2.75) is 58.9 Å². The largest absolute Gasteiger partial charge is 0.497 e. The Balaban J connectivity index is 1.34. The predicted octanol–water partition coefficient (Wildman–Crippen LogP) is 6.73. The first-order chi connectivity index (χ1) is 18.4. The topological polar surface area (TPSA) is 63.5 Å². The van der Waals surface area contributed by atoms with Gasteiger partial charge in [0.15, 0.2) is 0 Å². The molecule has 0 amide bonds. The van der Waals surface area contributed by atoms with Crippen LogP contribution in [0.15, 0.2) is 54.6 Å². The Morgan fingerprint density at radius 1 is 0.974 bits per heavy atom. The van der Waals surface area contributed by atoms with E-state index >= 15 is 0 Å². The Morgan fingerprint density at radius 3 is 2.45 bits per heavy atom. The summed E-state index contributed by atoms with van der Waals surface area (Å²) in [5, 5.41) is 14.6. The number of unbranched alkanes of at least 4 members (excludes halogenated alkanes) is 1. The lowest BCUT2D eigenvalue weighted by molar-refractivity contribution is 0.0697. The number of aryl methyl sites for hydroxylation is 5. The normalized spacial score (nSPS) is 12.7. The summed E-state index contributed by atoms with van der Waals surface area (Å²) in [5.74, 6) is 0.0466. The van der Waals surface area contributed by atoms with Gasteiger partial charge in [0.05, 0.1) is 23.9 Å². The van der Waals surface area contributed by atoms with Gasteiger partial charge in [-0.3, -0.25) is 0 Å². The first kappa shape index (κ1) is 26.1. The van der Waals surface area contributed by atoms with E-state index in [0.29, 0.717) is 5.56 Å². The molecule has 0 unspecified atom stereocenters. The fourth-order valence-corrected chi connectivity index (χ4v) is 6.02. The SMILES string of the molecule is COc1ccc(CCCCNCCc2c(-c3cc(C)cc(C)c3)n3c4c(cc(C(=O)O)cc24)CCC3)cc1. The maximum atomic E-state index is 12.0. The molecule has 38 heavy (non-hydrogen) atoms. The van der Waals surface area contributed by atoms with Crippen LogP contribution in [0.2, 0.25) is 0 Å². The van der Waals surface area contributed by atoms with Gasteiger partial charge in [0.2, 0.25) is 0 Å². The van der Waals surface area contributed by atoms with Gasteiger partial charge in [0.25, 0.3) is 0 Å². The number of carboxylic acids is 1. The number of nitrogens with zero attached hydrogens (tertiary/aromatic N) is 1. The highest BCUT2D eigenvalue weighted by atomic mass is 16.5. The van der Waals surface area contributed by atoms with Crippen LogP contribution in [0, 0.1) is 13.8 Å². The van der Waals surface area contributed by atoms with Crippen molar-refractivity contribution in [3.8, 4) is 17.0 Å². The number of methoxy groups -OCH3 is 1. The van der Waals surface area contributed by atoms with Crippen molar-refractivity contribution in [3.63, 3.8) is 0 Å². The number of ether oxygens (including phenoxy) is 1. The van der Waals surface area contributed by atoms with E-state index in [9.17, 15) is 9.90 Å². The molecule has 0 atom stereocenters. The van der Waals surface area contributed by atoms with Gasteiger partial charge in [0, 0.05) is 11.9 Å². The second kappa shape index (κ2) is 11.4. The van der Waals surface area contributed by atoms with E-state index in [-0.39, 0.29) is 0 Å². The molecule has 0 saturated heterocycles. The fourth-order valence-electron chi connectivity index (χ4n) is 6.02. The van der Waals surface area contributed by atoms with Gasteiger partial charge in [0.1, 0.15) is 5.75 Å². The Labute approximate surface area is 225 Å². The van der Waals surface area contributed by atoms with E-state index in [0.717, 1.165) is 74.9 Å². The third kappa shape index (κ3) is 5.48. The van der Waals surface area contributed by atoms with Gasteiger partial charge in [-0.15, -0.1) is 0 Å². The van der Waals surface area contributed by atoms with Crippen molar-refractivity contribution in [1.29, 1.82) is 0 Å². The molecule has 4 aromatic rings. The molecule has 2 heterocycles. The molecule has 5 rings (SSSR count). The van der Waals surface area contributed by atoms with Crippen molar-refractivity contribution in [3.05, 3.63) is 88.0 Å². The molecule has 5 heteroatoms. The lowest BCUT2D eigenvalue weighted by Crippen LogP contribution is -2.19. The van der Waals surface area contributed by atoms with E-state index in [2.05, 4.69) is 54.1 Å². The smallest absolute Gasteiger partial charge is 0.335 e. The molecule has 1 aromatic heterocycles. The second-order valence-electron chi connectivity index (χ2n) is 10.6. The summed E-state index contributed by atoms with van der Waals surface area (Å²) in [6.07, 6.45) is 6.15. The van der Waals surface area contributed by atoms with Crippen LogP contribution >= 0.6 is 0 Å². The van der Waals surface area contributed by atoms with Gasteiger partial charge in [-0.25, -0.2) is 4.79 Å². The van der Waals surface area contributed by atoms with Crippen molar-refractivity contribution in [2.75, 3.05) is 20.2 Å². The number of aromatic nitrogens is 1. The fraction of sp³-hybridized carbons (Fsp3) is 0.364. The maximum Gasteiger partial charge on any atom is 0.335 e. The number of hydrogen-bond acceptors (Lipinski definition) is 3. The van der Waals surface area contributed by atoms with E-state index in [1.54, 1.807) is 7.11 Å². The third-order valence-electron chi connectivity index (χ3n) is 7.69. The minimum atomic E-state index is -0.852. The van der Waals surface area contributed by atoms with Gasteiger partial charge in [-0.2, -0.15) is 0 Å². The molecular weight excluding hydrogens is 472 g/mol. The van der Waals surface area contributed by atoms with Crippen LogP contribution in [0.5, 0.6) is 5.75 Å². The van der Waals surface area contributed by atoms with Crippen molar-refractivity contribution in [1.82, 2.24) is 9.88 Å². The Hall–Kier alpha value is -3.57. The Bertz CT molecular complexity index is 1430. The summed E-state index contributed by atoms with van der Waals surface area (Å²) < 4.78 is 7.70. The number of nitrogens with one attached hydrogen (secondary N) is 1. The van der Waals surface area contributed by atoms with Gasteiger partial charge >= 0.3 is 5.97 Å². The minimum absolute atomic E-state index is 0.395. The number of aromatic carboxylic acids is 1. The molecule has 0 aliphatic carbocycles. The summed E-state index contributed by atoms with van der Waals surface area (Å²) in [6, 6.07) is 18.9. The first-order valence-electron chi connectivity index (χ1n) is 13.8. The summed E-state index contributed by atoms with van der Waals surface area (Å²) in [7, 11) is 1.70. The molecule has 1 aliphatic heterocycles. The zero-order valence-electron chi connectivity index (χ0n) is 22.8. The molecule has 0 bridgehead atoms. The highest BCUT2D eigenvalue weighted by molar-refractivity contribution is 6.00. The molecule has 3 aromatic carbocycles. The molecule has 0 fully saturated rings. The number of hydrogen-bond donors (Lipinski definition) is 2. The summed E-state index contributed by atoms with van der Waals surface area (Å²) in [5.41, 5.74) is 10.4. The molecular formula is C33H38N2O3. The average molecular weight is 511 g/mol. The summed E-state index contributed by atoms with van der Waals surface area (Å²) in [6.45, 7) is 7.11. The average Bonchev–Trinajstić information content (AvgIpc) is 3.22. The van der Waals surface area contributed by atoms with Crippen molar-refractivity contribution < 1.29 is 14.6 Å². The molecule has 0 radical (unpaired) electrons. The number of carboxylic acid groups (broad SMARTS) is 1. The third-order valence-corrected chi connectivity index (χ3v) is 7.69. The first-order valence-corrected chi connectivity index (χ1v) is 13.8. The van der Waals surface area contributed by atoms with E-state index in [4.69, 9.17) is 4.74 Å². The van der Waals surface area contributed by atoms with Gasteiger partial charge in [-0.05, 0) is 124 Å². The summed E-state index contributed by atoms with van der Waals surface area (Å²) >= 11 is 0. The van der Waals surface area contributed by atoms with Crippen LogP contribution in [-0.4, -0.2) is 35.8 Å². The highest BCUT2D eigenvalue weighted by Gasteiger charge is 2.25. The minimum Gasteiger partial charge on any atom is -0.497 e. The van der Waals surface area contributed by atoms with Gasteiger partial charge < -0.3 is 19.7 Å². The molecule has 198 valence electrons. The lowest BCUT2D eigenvalue weighted by Gasteiger charge is -2.19. The number of carbonyl (C=O) groups is 1. The summed E-state index contributed by atoms with van der Waals surface area (Å²) in [4.78, 5) is 12.0. The van der Waals surface area contributed by atoms with Crippen molar-refractivity contribution in [2.24, 2.45) is 0 Å². The monoisotopic (exact) mass is 510 g/mol.